The van der Waals surface area contributed by atoms with Crippen molar-refractivity contribution in [2.75, 3.05) is 33.4 Å². The lowest BCUT2D eigenvalue weighted by atomic mass is 9.87. The van der Waals surface area contributed by atoms with Gasteiger partial charge in [-0.1, -0.05) is 24.3 Å². The molecule has 224 valence electrons. The largest absolute Gasteiger partial charge is 0.489 e. The molecule has 1 aliphatic heterocycles. The molecule has 3 aromatic rings. The van der Waals surface area contributed by atoms with Crippen molar-refractivity contribution in [3.63, 3.8) is 0 Å². The van der Waals surface area contributed by atoms with Gasteiger partial charge in [-0.05, 0) is 124 Å². The van der Waals surface area contributed by atoms with E-state index < -0.39 is 23.4 Å². The van der Waals surface area contributed by atoms with E-state index in [2.05, 4.69) is 42.2 Å². The van der Waals surface area contributed by atoms with Gasteiger partial charge >= 0.3 is 12.1 Å². The van der Waals surface area contributed by atoms with E-state index in [0.717, 1.165) is 77.7 Å². The molecule has 0 spiro atoms. The van der Waals surface area contributed by atoms with Gasteiger partial charge < -0.3 is 14.4 Å². The highest BCUT2D eigenvalue weighted by atomic mass is 19.4. The van der Waals surface area contributed by atoms with Crippen LogP contribution in [-0.4, -0.2) is 54.0 Å². The first-order valence-corrected chi connectivity index (χ1v) is 14.7. The average Bonchev–Trinajstić information content (AvgIpc) is 3.44. The number of rotatable bonds is 8. The number of esters is 1. The molecule has 1 aromatic heterocycles. The van der Waals surface area contributed by atoms with Gasteiger partial charge in [0, 0.05) is 0 Å². The molecule has 2 heterocycles. The number of alkyl halides is 3. The standard InChI is InChI=1S/C33H38F3N3O3/c1-4-41-32(40)29-20-37-39(31(29)33(34,35)36)27-10-7-9-25(19-27)28-11-6-5-8-26(28)21-42-30-13-12-24(18-22(30)2)23-14-16-38(3)17-15-23/h7,9-10,12-13,18-20,23H,4-6,8,11,14-17,21H2,1-3H3. The lowest BCUT2D eigenvalue weighted by Gasteiger charge is -2.29. The van der Waals surface area contributed by atoms with Crippen molar-refractivity contribution < 1.29 is 27.4 Å². The number of hydrogen-bond acceptors (Lipinski definition) is 5. The fourth-order valence-electron chi connectivity index (χ4n) is 6.07. The third-order valence-electron chi connectivity index (χ3n) is 8.35. The lowest BCUT2D eigenvalue weighted by Crippen LogP contribution is -2.29. The molecule has 0 N–H and O–H groups in total. The Morgan fingerprint density at radius 1 is 1.07 bits per heavy atom. The molecule has 1 aliphatic carbocycles. The van der Waals surface area contributed by atoms with Crippen LogP contribution in [-0.2, 0) is 10.9 Å². The van der Waals surface area contributed by atoms with Crippen LogP contribution < -0.4 is 4.74 Å². The first-order valence-electron chi connectivity index (χ1n) is 14.7. The summed E-state index contributed by atoms with van der Waals surface area (Å²) in [6.45, 7) is 6.26. The summed E-state index contributed by atoms with van der Waals surface area (Å²) in [6.07, 6.45) is 2.18. The number of hydrogen-bond donors (Lipinski definition) is 0. The average molecular weight is 582 g/mol. The van der Waals surface area contributed by atoms with Crippen molar-refractivity contribution in [1.82, 2.24) is 14.7 Å². The zero-order valence-corrected chi connectivity index (χ0v) is 24.5. The smallest absolute Gasteiger partial charge is 0.434 e. The predicted molar refractivity (Wildman–Crippen MR) is 156 cm³/mol. The monoisotopic (exact) mass is 581 g/mol. The Balaban J connectivity index is 1.39. The maximum atomic E-state index is 14.1. The molecular weight excluding hydrogens is 543 g/mol. The van der Waals surface area contributed by atoms with Crippen molar-refractivity contribution in [3.05, 3.63) is 82.2 Å². The predicted octanol–water partition coefficient (Wildman–Crippen LogP) is 7.59. The third-order valence-corrected chi connectivity index (χ3v) is 8.35. The Bertz CT molecular complexity index is 1450. The maximum Gasteiger partial charge on any atom is 0.434 e. The van der Waals surface area contributed by atoms with Crippen molar-refractivity contribution in [3.8, 4) is 11.4 Å². The summed E-state index contributed by atoms with van der Waals surface area (Å²) in [6, 6.07) is 13.4. The molecule has 0 amide bonds. The summed E-state index contributed by atoms with van der Waals surface area (Å²) in [5, 5.41) is 3.94. The van der Waals surface area contributed by atoms with Crippen LogP contribution >= 0.6 is 0 Å². The van der Waals surface area contributed by atoms with Gasteiger partial charge in [-0.25, -0.2) is 9.48 Å². The van der Waals surface area contributed by atoms with Crippen LogP contribution in [0.2, 0.25) is 0 Å². The van der Waals surface area contributed by atoms with Gasteiger partial charge in [0.1, 0.15) is 17.9 Å². The normalized spacial score (nSPS) is 17.0. The minimum absolute atomic E-state index is 0.0300. The summed E-state index contributed by atoms with van der Waals surface area (Å²) in [4.78, 5) is 14.6. The first-order chi connectivity index (χ1) is 20.2. The number of nitrogens with zero attached hydrogens (tertiary/aromatic N) is 3. The summed E-state index contributed by atoms with van der Waals surface area (Å²) in [7, 11) is 2.17. The molecule has 1 saturated heterocycles. The van der Waals surface area contributed by atoms with E-state index in [1.807, 2.05) is 6.07 Å². The molecule has 6 nitrogen and oxygen atoms in total. The van der Waals surface area contributed by atoms with E-state index in [1.54, 1.807) is 25.1 Å². The first kappa shape index (κ1) is 29.9. The molecule has 1 fully saturated rings. The van der Waals surface area contributed by atoms with Crippen LogP contribution in [0.3, 0.4) is 0 Å². The fraction of sp³-hybridized carbons (Fsp3) is 0.455. The van der Waals surface area contributed by atoms with Gasteiger partial charge in [0.2, 0.25) is 0 Å². The van der Waals surface area contributed by atoms with E-state index in [1.165, 1.54) is 18.4 Å². The number of ether oxygens (including phenoxy) is 2. The molecule has 0 unspecified atom stereocenters. The van der Waals surface area contributed by atoms with Gasteiger partial charge in [-0.3, -0.25) is 0 Å². The van der Waals surface area contributed by atoms with Crippen LogP contribution in [0, 0.1) is 6.92 Å². The lowest BCUT2D eigenvalue weighted by molar-refractivity contribution is -0.143. The van der Waals surface area contributed by atoms with E-state index in [0.29, 0.717) is 12.5 Å². The fourth-order valence-corrected chi connectivity index (χ4v) is 6.07. The molecule has 0 radical (unpaired) electrons. The summed E-state index contributed by atoms with van der Waals surface area (Å²) in [5.74, 6) is 0.391. The van der Waals surface area contributed by atoms with Crippen LogP contribution in [0.4, 0.5) is 13.2 Å². The van der Waals surface area contributed by atoms with E-state index in [9.17, 15) is 18.0 Å². The van der Waals surface area contributed by atoms with Gasteiger partial charge in [-0.2, -0.15) is 18.3 Å². The van der Waals surface area contributed by atoms with Crippen LogP contribution in [0.5, 0.6) is 5.75 Å². The van der Waals surface area contributed by atoms with Gasteiger partial charge in [0.25, 0.3) is 0 Å². The van der Waals surface area contributed by atoms with Crippen molar-refractivity contribution in [1.29, 1.82) is 0 Å². The number of likely N-dealkylation sites (tertiary alicyclic amines) is 1. The number of aromatic nitrogens is 2. The molecule has 2 aromatic carbocycles. The molecule has 0 saturated carbocycles. The van der Waals surface area contributed by atoms with Crippen LogP contribution in [0.25, 0.3) is 11.3 Å². The number of benzene rings is 2. The summed E-state index contributed by atoms with van der Waals surface area (Å²) < 4.78 is 54.2. The number of allylic oxidation sites excluding steroid dienone is 1. The van der Waals surface area contributed by atoms with Crippen LogP contribution in [0.15, 0.2) is 54.2 Å². The highest BCUT2D eigenvalue weighted by Crippen LogP contribution is 2.37. The molecule has 5 rings (SSSR count). The van der Waals surface area contributed by atoms with E-state index in [4.69, 9.17) is 9.47 Å². The number of aryl methyl sites for hydroxylation is 1. The molecular formula is C33H38F3N3O3. The Morgan fingerprint density at radius 2 is 1.83 bits per heavy atom. The number of carbonyl (C=O) groups excluding carboxylic acids is 1. The highest BCUT2D eigenvalue weighted by molar-refractivity contribution is 5.90. The van der Waals surface area contributed by atoms with Gasteiger partial charge in [0.15, 0.2) is 5.69 Å². The summed E-state index contributed by atoms with van der Waals surface area (Å²) in [5.41, 5.74) is 4.05. The molecule has 0 atom stereocenters. The Hall–Kier alpha value is -3.59. The third kappa shape index (κ3) is 6.56. The second-order valence-electron chi connectivity index (χ2n) is 11.3. The van der Waals surface area contributed by atoms with Crippen molar-refractivity contribution in [2.24, 2.45) is 0 Å². The minimum Gasteiger partial charge on any atom is -0.489 e. The minimum atomic E-state index is -4.79. The Morgan fingerprint density at radius 3 is 2.55 bits per heavy atom. The Kier molecular flexibility index (Phi) is 9.06. The zero-order valence-electron chi connectivity index (χ0n) is 24.5. The SMILES string of the molecule is CCOC(=O)c1cnn(-c2cccc(C3=C(COc4ccc(C5CCN(C)CC5)cc4C)CCCC3)c2)c1C(F)(F)F. The number of piperidine rings is 1. The molecule has 2 aliphatic rings. The quantitative estimate of drug-likeness (QED) is 0.257. The second-order valence-corrected chi connectivity index (χ2v) is 11.3. The zero-order chi connectivity index (χ0) is 29.9. The second kappa shape index (κ2) is 12.7. The van der Waals surface area contributed by atoms with Gasteiger partial charge in [0.05, 0.1) is 18.5 Å². The van der Waals surface area contributed by atoms with Crippen molar-refractivity contribution in [2.45, 2.75) is 64.5 Å². The Labute approximate surface area is 245 Å². The van der Waals surface area contributed by atoms with E-state index >= 15 is 0 Å². The van der Waals surface area contributed by atoms with Crippen LogP contribution in [0.1, 0.15) is 84.1 Å². The van der Waals surface area contributed by atoms with Gasteiger partial charge in [-0.15, -0.1) is 0 Å². The van der Waals surface area contributed by atoms with E-state index in [-0.39, 0.29) is 12.3 Å². The maximum absolute atomic E-state index is 14.1. The molecule has 42 heavy (non-hydrogen) atoms. The topological polar surface area (TPSA) is 56.6 Å². The number of halogens is 3. The van der Waals surface area contributed by atoms with Crippen molar-refractivity contribution >= 4 is 11.5 Å². The highest BCUT2D eigenvalue weighted by Gasteiger charge is 2.41. The summed E-state index contributed by atoms with van der Waals surface area (Å²) >= 11 is 0. The molecule has 9 heteroatoms. The molecule has 0 bridgehead atoms. The number of carbonyl (C=O) groups is 1.